The summed E-state index contributed by atoms with van der Waals surface area (Å²) in [6.45, 7) is 25.5. The van der Waals surface area contributed by atoms with E-state index < -0.39 is 150 Å². The number of alkyl halides is 15. The largest absolute Gasteiger partial charge is 0.493 e. The van der Waals surface area contributed by atoms with Gasteiger partial charge in [0.15, 0.2) is 5.60 Å². The lowest BCUT2D eigenvalue weighted by Gasteiger charge is -2.37. The first kappa shape index (κ1) is 99.6. The number of carbonyl (C=O) groups is 6. The van der Waals surface area contributed by atoms with Gasteiger partial charge < -0.3 is 58.3 Å². The van der Waals surface area contributed by atoms with Gasteiger partial charge in [0.05, 0.1) is 52.9 Å². The van der Waals surface area contributed by atoms with Crippen molar-refractivity contribution in [1.82, 2.24) is 0 Å². The van der Waals surface area contributed by atoms with Crippen molar-refractivity contribution >= 4 is 46.9 Å². The van der Waals surface area contributed by atoms with Crippen molar-refractivity contribution in [3.63, 3.8) is 0 Å². The number of aliphatic hydroxyl groups is 4. The Morgan fingerprint density at radius 1 is 0.448 bits per heavy atom. The van der Waals surface area contributed by atoms with Crippen molar-refractivity contribution in [2.75, 3.05) is 59.5 Å². The van der Waals surface area contributed by atoms with E-state index in [1.54, 1.807) is 111 Å². The number of aliphatic hydroxyl groups excluding tert-OH is 1. The van der Waals surface area contributed by atoms with Crippen LogP contribution in [0.15, 0.2) is 103 Å². The Kier molecular flexibility index (Phi) is 34.4. The second-order valence-corrected chi connectivity index (χ2v) is 30.6. The predicted octanol–water partition coefficient (Wildman–Crippen LogP) is 16.6. The van der Waals surface area contributed by atoms with Crippen LogP contribution in [0.25, 0.3) is 0 Å². The van der Waals surface area contributed by atoms with Crippen molar-refractivity contribution in [2.45, 2.75) is 217 Å². The number of para-hydroxylation sites is 4. The summed E-state index contributed by atoms with van der Waals surface area (Å²) in [7, 11) is 0. The third-order valence-corrected chi connectivity index (χ3v) is 18.9. The molecule has 0 spiro atoms. The van der Waals surface area contributed by atoms with E-state index in [2.05, 4.69) is 33.8 Å². The molecule has 34 heteroatoms. The van der Waals surface area contributed by atoms with E-state index in [-0.39, 0.29) is 18.8 Å². The lowest BCUT2D eigenvalue weighted by atomic mass is 9.74. The Morgan fingerprint density at radius 2 is 0.810 bits per heavy atom. The van der Waals surface area contributed by atoms with E-state index >= 15 is 0 Å². The number of fused-ring (bicyclic) bond motifs is 5. The molecule has 3 unspecified atom stereocenters. The first-order valence-electron chi connectivity index (χ1n) is 36.3. The maximum Gasteiger partial charge on any atom is 0.450 e. The number of esters is 3. The molecule has 116 heavy (non-hydrogen) atoms. The van der Waals surface area contributed by atoms with Crippen molar-refractivity contribution in [3.05, 3.63) is 165 Å². The second-order valence-electron chi connectivity index (χ2n) is 30.2. The maximum atomic E-state index is 13.4. The zero-order valence-corrected chi connectivity index (χ0v) is 66.8. The second kappa shape index (κ2) is 40.1. The smallest absolute Gasteiger partial charge is 0.450 e. The van der Waals surface area contributed by atoms with Gasteiger partial charge in [-0.2, -0.15) is 65.9 Å². The van der Waals surface area contributed by atoms with Crippen LogP contribution in [-0.4, -0.2) is 163 Å². The van der Waals surface area contributed by atoms with Gasteiger partial charge in [-0.1, -0.05) is 145 Å². The van der Waals surface area contributed by atoms with Crippen molar-refractivity contribution in [2.24, 2.45) is 0 Å². The molecule has 5 heterocycles. The maximum absolute atomic E-state index is 13.4. The van der Waals surface area contributed by atoms with Crippen LogP contribution in [0.3, 0.4) is 0 Å². The molecule has 5 aromatic rings. The highest BCUT2D eigenvalue weighted by Gasteiger charge is 2.64. The number of carbonyl (C=O) groups excluding carboxylic acids is 6. The monoisotopic (exact) mass is 1690 g/mol. The number of hydrogen-bond donors (Lipinski definition) is 4. The van der Waals surface area contributed by atoms with Crippen molar-refractivity contribution < 1.29 is 153 Å². The Labute approximate surface area is 667 Å². The van der Waals surface area contributed by atoms with Gasteiger partial charge >= 0.3 is 48.8 Å². The highest BCUT2D eigenvalue weighted by Crippen LogP contribution is 2.49. The summed E-state index contributed by atoms with van der Waals surface area (Å²) in [5, 5.41) is 38.6. The van der Waals surface area contributed by atoms with E-state index in [9.17, 15) is 110 Å². The quantitative estimate of drug-likeness (QED) is 0.0133. The molecule has 644 valence electrons. The van der Waals surface area contributed by atoms with Crippen molar-refractivity contribution in [3.8, 4) is 28.7 Å². The molecule has 0 aliphatic carbocycles. The zero-order valence-electron chi connectivity index (χ0n) is 66.1. The highest BCUT2D eigenvalue weighted by atomic mass is 35.5. The summed E-state index contributed by atoms with van der Waals surface area (Å²) in [5.74, 6) is -4.77. The first-order chi connectivity index (χ1) is 53.3. The average Bonchev–Trinajstić information content (AvgIpc) is 1.26. The Balaban J connectivity index is 0.000000292. The summed E-state index contributed by atoms with van der Waals surface area (Å²) in [6, 6.07) is 27.5. The van der Waals surface area contributed by atoms with E-state index in [0.29, 0.717) is 89.5 Å². The number of ketones is 3. The molecular weight excluding hydrogens is 1590 g/mol. The van der Waals surface area contributed by atoms with E-state index in [1.165, 1.54) is 26.3 Å². The Morgan fingerprint density at radius 3 is 1.17 bits per heavy atom. The number of Topliss-reactive ketones (excluding diaryl/α,β-unsaturated/α-hetero) is 3. The van der Waals surface area contributed by atoms with Crippen LogP contribution in [0, 0.1) is 6.92 Å². The predicted molar refractivity (Wildman–Crippen MR) is 396 cm³/mol. The minimum Gasteiger partial charge on any atom is -0.493 e. The molecule has 0 radical (unpaired) electrons. The van der Waals surface area contributed by atoms with Gasteiger partial charge in [-0.3, -0.25) is 14.4 Å². The standard InChI is InChI=1S/C17H21F3O4.C15H19F3O3.C14H14ClF3O2.C14H15F3O2.C9H12F3O3.C8H8O.C5H8O3/c1-4-23-14(21)16(22,17(18,19)20)10-15(2,3)12-7-5-6-11-8-9-24-13(11)12;1-13(2,8-14(20,9-19)15(16,17)18)11-5-3-4-10-6-7-21-12(10)11;1-13(2,7-11(19)14(16,17)18)10-6-9(15)5-8-3-4-20-12(8)10;1-13(2,8-11(18)14(15,16)17)10-5-3-4-9-6-7-19-12(9)10;1-4-15-7(13)8(14,5-6(2)3)9(10,11)12;1-2-4-8-7(3-1)5-6-9-8;1-3-8-5(7)4(2)6/h5-7,22H,4,8-10H2,1-3H3;3-5,19-20H,6-9H2,1-2H3;5-6H,3-4,7H2,1-2H3;3-5H,6-8H2,1-2H3;14H,1-2,4-5H2,3H3;1-4H,5-6H2;3H2,1-2H3/q;;;;+1;;. The van der Waals surface area contributed by atoms with Gasteiger partial charge in [0.25, 0.3) is 11.2 Å². The topological polar surface area (TPSA) is 257 Å². The highest BCUT2D eigenvalue weighted by molar-refractivity contribution is 6.32. The molecule has 18 nitrogen and oxygen atoms in total. The summed E-state index contributed by atoms with van der Waals surface area (Å²) >= 11 is 6.00. The molecule has 0 saturated heterocycles. The normalized spacial score (nSPS) is 15.5. The fraction of sp³-hybridized carbons (Fsp3) is 0.524. The minimum absolute atomic E-state index is 0.0239. The molecular formula is C82H97ClF15O18+. The number of benzene rings is 5. The third kappa shape index (κ3) is 26.4. The molecule has 5 aliphatic rings. The first-order valence-corrected chi connectivity index (χ1v) is 36.7. The van der Waals surface area contributed by atoms with Gasteiger partial charge in [-0.05, 0) is 84.0 Å². The fourth-order valence-corrected chi connectivity index (χ4v) is 13.1. The van der Waals surface area contributed by atoms with Gasteiger partial charge in [0.2, 0.25) is 24.0 Å². The molecule has 0 bridgehead atoms. The minimum atomic E-state index is -5.14. The lowest BCUT2D eigenvalue weighted by Crippen LogP contribution is -2.55. The molecule has 0 fully saturated rings. The Hall–Kier alpha value is -8.79. The van der Waals surface area contributed by atoms with Crippen LogP contribution in [0.1, 0.15) is 165 Å². The van der Waals surface area contributed by atoms with Crippen LogP contribution >= 0.6 is 11.6 Å². The zero-order chi connectivity index (χ0) is 88.4. The number of halogens is 16. The third-order valence-electron chi connectivity index (χ3n) is 18.7. The molecule has 4 N–H and O–H groups in total. The molecule has 0 aromatic heterocycles. The number of rotatable bonds is 21. The summed E-state index contributed by atoms with van der Waals surface area (Å²) in [6.07, 6.45) is -24.4. The van der Waals surface area contributed by atoms with Crippen LogP contribution in [-0.2, 0) is 96.7 Å². The fourth-order valence-electron chi connectivity index (χ4n) is 12.8. The van der Waals surface area contributed by atoms with Crippen LogP contribution < -0.4 is 23.7 Å². The van der Waals surface area contributed by atoms with E-state index in [4.69, 9.17) is 40.4 Å². The van der Waals surface area contributed by atoms with Crippen LogP contribution in [0.4, 0.5) is 65.9 Å². The molecule has 10 rings (SSSR count). The molecule has 3 atom stereocenters. The summed E-state index contributed by atoms with van der Waals surface area (Å²) in [5.41, 5.74) is -6.81. The van der Waals surface area contributed by atoms with Crippen molar-refractivity contribution in [1.29, 1.82) is 0 Å². The Bertz CT molecular complexity index is 4200. The molecule has 5 aromatic carbocycles. The number of ether oxygens (including phenoxy) is 8. The molecule has 0 amide bonds. The molecule has 5 aliphatic heterocycles. The van der Waals surface area contributed by atoms with Crippen LogP contribution in [0.2, 0.25) is 5.02 Å². The van der Waals surface area contributed by atoms with Crippen LogP contribution in [0.5, 0.6) is 28.7 Å². The average molecular weight is 1690 g/mol. The van der Waals surface area contributed by atoms with Gasteiger partial charge in [0, 0.05) is 103 Å². The lowest BCUT2D eigenvalue weighted by molar-refractivity contribution is -0.277. The summed E-state index contributed by atoms with van der Waals surface area (Å²) in [4.78, 5) is 65.5. The molecule has 0 saturated carbocycles. The van der Waals surface area contributed by atoms with Gasteiger partial charge in [0.1, 0.15) is 35.7 Å². The van der Waals surface area contributed by atoms with E-state index in [1.807, 2.05) is 36.4 Å². The summed E-state index contributed by atoms with van der Waals surface area (Å²) < 4.78 is 231. The van der Waals surface area contributed by atoms with Gasteiger partial charge in [-0.25, -0.2) is 14.4 Å². The van der Waals surface area contributed by atoms with E-state index in [0.717, 1.165) is 53.9 Å². The number of hydrogen-bond acceptors (Lipinski definition) is 18. The SMILES string of the molecule is C=C(C)CC(O)(C(=O)OC[CH2+])C(F)(F)F.CC(C)(CC(=O)C(F)(F)F)c1cc(Cl)cc2c1OCC2.CC(C)(CC(=O)C(F)(F)F)c1cccc2c1OCC2.CC(C)(CC(O)(CO)C(F)(F)F)c1cccc2c1OCC2.CCOC(=O)C(C)=O.CCOC(=O)C(O)(CC(C)(C)c1cccc2c1OCC2)C(F)(F)F.c1ccc2c(c1)CCO2. The van der Waals surface area contributed by atoms with Gasteiger partial charge in [-0.15, -0.1) is 6.58 Å².